The summed E-state index contributed by atoms with van der Waals surface area (Å²) in [5, 5.41) is 3.38. The summed E-state index contributed by atoms with van der Waals surface area (Å²) < 4.78 is 5.82. The number of piperazine rings is 1. The highest BCUT2D eigenvalue weighted by atomic mass is 35.5. The first-order valence-electron chi connectivity index (χ1n) is 9.22. The fourth-order valence-electron chi connectivity index (χ4n) is 3.65. The highest BCUT2D eigenvalue weighted by molar-refractivity contribution is 5.92. The van der Waals surface area contributed by atoms with Gasteiger partial charge in [-0.15, -0.1) is 24.8 Å². The van der Waals surface area contributed by atoms with Gasteiger partial charge in [0.25, 0.3) is 5.91 Å². The van der Waals surface area contributed by atoms with Gasteiger partial charge in [0, 0.05) is 57.6 Å². The topological polar surface area (TPSA) is 57.7 Å². The van der Waals surface area contributed by atoms with Crippen molar-refractivity contribution in [3.63, 3.8) is 0 Å². The number of ether oxygens (including phenoxy) is 1. The minimum atomic E-state index is -0.0128. The van der Waals surface area contributed by atoms with Crippen LogP contribution in [0, 0.1) is 0 Å². The molecule has 4 rings (SSSR count). The smallest absolute Gasteiger partial charge is 0.272 e. The molecule has 2 aromatic rings. The first kappa shape index (κ1) is 22.4. The summed E-state index contributed by atoms with van der Waals surface area (Å²) in [4.78, 5) is 21.5. The number of nitrogens with one attached hydrogen (secondary N) is 1. The number of carbonyl (C=O) groups excluding carboxylic acids is 1. The van der Waals surface area contributed by atoms with E-state index in [1.807, 2.05) is 35.2 Å². The zero-order valence-electron chi connectivity index (χ0n) is 15.6. The van der Waals surface area contributed by atoms with Crippen molar-refractivity contribution in [3.8, 4) is 11.5 Å². The number of halogens is 2. The van der Waals surface area contributed by atoms with E-state index in [1.165, 1.54) is 0 Å². The maximum Gasteiger partial charge on any atom is 0.272 e. The Hall–Kier alpha value is -1.86. The number of pyridine rings is 1. The normalized spacial score (nSPS) is 19.4. The van der Waals surface area contributed by atoms with Gasteiger partial charge in [0.2, 0.25) is 0 Å². The number of rotatable bonds is 4. The van der Waals surface area contributed by atoms with E-state index in [4.69, 9.17) is 4.74 Å². The van der Waals surface area contributed by atoms with Crippen LogP contribution in [-0.4, -0.2) is 66.0 Å². The standard InChI is InChI=1S/C20H24N4O2.2ClH/c25-20(24-11-7-16(15-24)23-12-9-21-10-13-23)19-14-18(6-8-22-19)26-17-4-2-1-3-5-17;;/h1-6,8,14,16,21H,7,9-13,15H2;2*1H. The Morgan fingerprint density at radius 3 is 2.54 bits per heavy atom. The van der Waals surface area contributed by atoms with Crippen molar-refractivity contribution in [3.05, 3.63) is 54.4 Å². The van der Waals surface area contributed by atoms with E-state index in [9.17, 15) is 4.79 Å². The maximum absolute atomic E-state index is 12.9. The Balaban J connectivity index is 0.00000140. The highest BCUT2D eigenvalue weighted by Gasteiger charge is 2.31. The van der Waals surface area contributed by atoms with E-state index in [0.717, 1.165) is 51.4 Å². The highest BCUT2D eigenvalue weighted by Crippen LogP contribution is 2.23. The van der Waals surface area contributed by atoms with Gasteiger partial charge in [-0.2, -0.15) is 0 Å². The number of hydrogen-bond acceptors (Lipinski definition) is 5. The van der Waals surface area contributed by atoms with E-state index in [-0.39, 0.29) is 30.7 Å². The lowest BCUT2D eigenvalue weighted by molar-refractivity contribution is 0.0767. The zero-order chi connectivity index (χ0) is 17.8. The van der Waals surface area contributed by atoms with Crippen molar-refractivity contribution in [2.75, 3.05) is 39.3 Å². The van der Waals surface area contributed by atoms with Gasteiger partial charge in [-0.25, -0.2) is 0 Å². The number of aromatic nitrogens is 1. The molecule has 1 aromatic carbocycles. The van der Waals surface area contributed by atoms with Gasteiger partial charge in [-0.1, -0.05) is 18.2 Å². The van der Waals surface area contributed by atoms with Gasteiger partial charge in [-0.3, -0.25) is 14.7 Å². The molecule has 1 N–H and O–H groups in total. The lowest BCUT2D eigenvalue weighted by atomic mass is 10.2. The Kier molecular flexibility index (Phi) is 8.51. The van der Waals surface area contributed by atoms with Crippen molar-refractivity contribution in [1.82, 2.24) is 20.1 Å². The van der Waals surface area contributed by atoms with Gasteiger partial charge < -0.3 is 15.0 Å². The first-order chi connectivity index (χ1) is 12.8. The summed E-state index contributed by atoms with van der Waals surface area (Å²) in [5.41, 5.74) is 0.444. The van der Waals surface area contributed by atoms with Gasteiger partial charge >= 0.3 is 0 Å². The Morgan fingerprint density at radius 1 is 1.04 bits per heavy atom. The molecule has 0 aliphatic carbocycles. The molecular formula is C20H26Cl2N4O2. The second-order valence-corrected chi connectivity index (χ2v) is 6.77. The largest absolute Gasteiger partial charge is 0.457 e. The van der Waals surface area contributed by atoms with Crippen molar-refractivity contribution in [2.24, 2.45) is 0 Å². The Labute approximate surface area is 178 Å². The Bertz CT molecular complexity index is 757. The molecule has 1 atom stereocenters. The van der Waals surface area contributed by atoms with Crippen LogP contribution in [0.1, 0.15) is 16.9 Å². The molecule has 2 saturated heterocycles. The third kappa shape index (κ3) is 5.35. The summed E-state index contributed by atoms with van der Waals surface area (Å²) in [6.45, 7) is 5.76. The fraction of sp³-hybridized carbons (Fsp3) is 0.400. The van der Waals surface area contributed by atoms with Crippen LogP contribution < -0.4 is 10.1 Å². The number of amides is 1. The van der Waals surface area contributed by atoms with Crippen LogP contribution in [0.4, 0.5) is 0 Å². The number of nitrogens with zero attached hydrogens (tertiary/aromatic N) is 3. The molecule has 1 amide bonds. The lowest BCUT2D eigenvalue weighted by Crippen LogP contribution is -2.49. The summed E-state index contributed by atoms with van der Waals surface area (Å²) in [5.74, 6) is 1.37. The molecule has 8 heteroatoms. The van der Waals surface area contributed by atoms with Gasteiger partial charge in [0.15, 0.2) is 0 Å². The van der Waals surface area contributed by atoms with E-state index < -0.39 is 0 Å². The molecule has 0 saturated carbocycles. The van der Waals surface area contributed by atoms with Crippen LogP contribution in [0.3, 0.4) is 0 Å². The number of carbonyl (C=O) groups is 1. The molecule has 28 heavy (non-hydrogen) atoms. The summed E-state index contributed by atoms with van der Waals surface area (Å²) in [6.07, 6.45) is 2.67. The molecule has 0 bridgehead atoms. The molecule has 152 valence electrons. The molecule has 0 radical (unpaired) electrons. The first-order valence-corrected chi connectivity index (χ1v) is 9.22. The van der Waals surface area contributed by atoms with E-state index >= 15 is 0 Å². The molecule has 1 unspecified atom stereocenters. The average Bonchev–Trinajstić information content (AvgIpc) is 3.19. The SMILES string of the molecule is Cl.Cl.O=C(c1cc(Oc2ccccc2)ccn1)N1CCC(N2CCNCC2)C1. The van der Waals surface area contributed by atoms with Crippen LogP contribution in [0.15, 0.2) is 48.7 Å². The van der Waals surface area contributed by atoms with Crippen LogP contribution in [0.25, 0.3) is 0 Å². The predicted octanol–water partition coefficient (Wildman–Crippen LogP) is 2.84. The quantitative estimate of drug-likeness (QED) is 0.817. The molecule has 2 aliphatic heterocycles. The number of para-hydroxylation sites is 1. The van der Waals surface area contributed by atoms with Crippen LogP contribution >= 0.6 is 24.8 Å². The minimum Gasteiger partial charge on any atom is -0.457 e. The second-order valence-electron chi connectivity index (χ2n) is 6.77. The predicted molar refractivity (Wildman–Crippen MR) is 114 cm³/mol. The van der Waals surface area contributed by atoms with Gasteiger partial charge in [-0.05, 0) is 24.6 Å². The van der Waals surface area contributed by atoms with E-state index in [2.05, 4.69) is 15.2 Å². The molecule has 0 spiro atoms. The van der Waals surface area contributed by atoms with Crippen LogP contribution in [-0.2, 0) is 0 Å². The molecule has 1 aromatic heterocycles. The van der Waals surface area contributed by atoms with Crippen molar-refractivity contribution in [2.45, 2.75) is 12.5 Å². The molecule has 3 heterocycles. The van der Waals surface area contributed by atoms with E-state index in [0.29, 0.717) is 17.5 Å². The minimum absolute atomic E-state index is 0. The lowest BCUT2D eigenvalue weighted by Gasteiger charge is -2.32. The maximum atomic E-state index is 12.9. The van der Waals surface area contributed by atoms with Crippen LogP contribution in [0.5, 0.6) is 11.5 Å². The molecule has 2 fully saturated rings. The second kappa shape index (κ2) is 10.6. The third-order valence-corrected chi connectivity index (χ3v) is 5.05. The molecule has 6 nitrogen and oxygen atoms in total. The van der Waals surface area contributed by atoms with Crippen molar-refractivity contribution < 1.29 is 9.53 Å². The van der Waals surface area contributed by atoms with E-state index in [1.54, 1.807) is 18.3 Å². The van der Waals surface area contributed by atoms with Crippen molar-refractivity contribution >= 4 is 30.7 Å². The Morgan fingerprint density at radius 2 is 1.79 bits per heavy atom. The number of hydrogen-bond donors (Lipinski definition) is 1. The van der Waals surface area contributed by atoms with Gasteiger partial charge in [0.05, 0.1) is 0 Å². The van der Waals surface area contributed by atoms with Gasteiger partial charge in [0.1, 0.15) is 17.2 Å². The fourth-order valence-corrected chi connectivity index (χ4v) is 3.65. The molecular weight excluding hydrogens is 399 g/mol. The van der Waals surface area contributed by atoms with Crippen LogP contribution in [0.2, 0.25) is 0 Å². The summed E-state index contributed by atoms with van der Waals surface area (Å²) in [7, 11) is 0. The molecule has 2 aliphatic rings. The number of benzene rings is 1. The average molecular weight is 425 g/mol. The summed E-state index contributed by atoms with van der Waals surface area (Å²) in [6, 6.07) is 13.5. The number of likely N-dealkylation sites (tertiary alicyclic amines) is 1. The third-order valence-electron chi connectivity index (χ3n) is 5.05. The zero-order valence-corrected chi connectivity index (χ0v) is 17.3. The van der Waals surface area contributed by atoms with Crippen molar-refractivity contribution in [1.29, 1.82) is 0 Å². The summed E-state index contributed by atoms with van der Waals surface area (Å²) >= 11 is 0. The monoisotopic (exact) mass is 424 g/mol.